The van der Waals surface area contributed by atoms with Crippen LogP contribution in [-0.4, -0.2) is 45.2 Å². The van der Waals surface area contributed by atoms with E-state index < -0.39 is 33.7 Å². The minimum atomic E-state index is -3.68. The second kappa shape index (κ2) is 8.94. The summed E-state index contributed by atoms with van der Waals surface area (Å²) in [5.41, 5.74) is 0.446. The van der Waals surface area contributed by atoms with Gasteiger partial charge in [-0.2, -0.15) is 0 Å². The van der Waals surface area contributed by atoms with Crippen LogP contribution in [0.4, 0.5) is 4.39 Å². The van der Waals surface area contributed by atoms with E-state index in [1.54, 1.807) is 25.1 Å². The number of rotatable bonds is 7. The molecule has 2 aromatic carbocycles. The summed E-state index contributed by atoms with van der Waals surface area (Å²) < 4.78 is 39.1. The number of nitrogens with zero attached hydrogens (tertiary/aromatic N) is 1. The summed E-state index contributed by atoms with van der Waals surface area (Å²) in [5.74, 6) is -1.52. The van der Waals surface area contributed by atoms with E-state index in [-0.39, 0.29) is 17.0 Å². The fraction of sp³-hybridized carbons (Fsp3) is 0.263. The second-order valence-electron chi connectivity index (χ2n) is 6.31. The summed E-state index contributed by atoms with van der Waals surface area (Å²) in [6, 6.07) is 11.0. The van der Waals surface area contributed by atoms with Crippen molar-refractivity contribution in [3.63, 3.8) is 0 Å². The summed E-state index contributed by atoms with van der Waals surface area (Å²) in [6.07, 6.45) is 0. The molecule has 9 heteroatoms. The molecule has 0 aliphatic rings. The van der Waals surface area contributed by atoms with Crippen LogP contribution >= 0.6 is 0 Å². The molecule has 7 nitrogen and oxygen atoms in total. The van der Waals surface area contributed by atoms with Gasteiger partial charge >= 0.3 is 0 Å². The Morgan fingerprint density at radius 3 is 2.43 bits per heavy atom. The summed E-state index contributed by atoms with van der Waals surface area (Å²) >= 11 is 0. The molecule has 0 saturated carbocycles. The highest BCUT2D eigenvalue weighted by Gasteiger charge is 2.19. The van der Waals surface area contributed by atoms with Gasteiger partial charge in [-0.15, -0.1) is 0 Å². The minimum Gasteiger partial charge on any atom is -0.348 e. The number of halogens is 1. The predicted molar refractivity (Wildman–Crippen MR) is 103 cm³/mol. The normalized spacial score (nSPS) is 12.5. The van der Waals surface area contributed by atoms with Crippen molar-refractivity contribution >= 4 is 21.8 Å². The number of benzene rings is 2. The average molecular weight is 407 g/mol. The van der Waals surface area contributed by atoms with E-state index in [0.717, 1.165) is 4.31 Å². The zero-order valence-corrected chi connectivity index (χ0v) is 16.6. The zero-order valence-electron chi connectivity index (χ0n) is 15.8. The first-order chi connectivity index (χ1) is 13.1. The molecule has 1 atom stereocenters. The molecule has 0 saturated heterocycles. The van der Waals surface area contributed by atoms with Crippen molar-refractivity contribution in [1.29, 1.82) is 0 Å². The van der Waals surface area contributed by atoms with Gasteiger partial charge in [-0.05, 0) is 31.2 Å². The largest absolute Gasteiger partial charge is 0.348 e. The Kier molecular flexibility index (Phi) is 6.87. The number of hydrogen-bond donors (Lipinski definition) is 2. The van der Waals surface area contributed by atoms with Crippen LogP contribution in [0.25, 0.3) is 0 Å². The summed E-state index contributed by atoms with van der Waals surface area (Å²) in [5, 5.41) is 5.02. The molecule has 0 aliphatic carbocycles. The Morgan fingerprint density at radius 2 is 1.79 bits per heavy atom. The van der Waals surface area contributed by atoms with E-state index in [9.17, 15) is 22.4 Å². The van der Waals surface area contributed by atoms with E-state index in [2.05, 4.69) is 10.6 Å². The van der Waals surface area contributed by atoms with Crippen LogP contribution in [0, 0.1) is 5.82 Å². The maximum atomic E-state index is 13.7. The van der Waals surface area contributed by atoms with E-state index in [1.165, 1.54) is 44.4 Å². The standard InChI is InChI=1S/C19H22FN3O4S/c1-13(16-9-4-5-10-17(16)20)22-18(24)12-21-19(25)14-7-6-8-15(11-14)28(26,27)23(2)3/h4-11,13H,12H2,1-3H3,(H,21,25)(H,22,24). The highest BCUT2D eigenvalue weighted by molar-refractivity contribution is 7.89. The highest BCUT2D eigenvalue weighted by Crippen LogP contribution is 2.16. The van der Waals surface area contributed by atoms with Gasteiger partial charge in [0.2, 0.25) is 15.9 Å². The molecule has 0 aliphatic heterocycles. The molecule has 150 valence electrons. The van der Waals surface area contributed by atoms with Gasteiger partial charge in [0.1, 0.15) is 5.82 Å². The van der Waals surface area contributed by atoms with Crippen molar-refractivity contribution in [1.82, 2.24) is 14.9 Å². The summed E-state index contributed by atoms with van der Waals surface area (Å²) in [4.78, 5) is 24.3. The Bertz CT molecular complexity index is 977. The number of amides is 2. The van der Waals surface area contributed by atoms with Gasteiger partial charge in [0.15, 0.2) is 0 Å². The third kappa shape index (κ3) is 5.14. The number of carbonyl (C=O) groups excluding carboxylic acids is 2. The molecule has 2 N–H and O–H groups in total. The van der Waals surface area contributed by atoms with Gasteiger partial charge < -0.3 is 10.6 Å². The molecular formula is C19H22FN3O4S. The van der Waals surface area contributed by atoms with E-state index >= 15 is 0 Å². The van der Waals surface area contributed by atoms with Gasteiger partial charge in [-0.25, -0.2) is 17.1 Å². The SMILES string of the molecule is CC(NC(=O)CNC(=O)c1cccc(S(=O)(=O)N(C)C)c1)c1ccccc1F. The quantitative estimate of drug-likeness (QED) is 0.730. The molecule has 0 spiro atoms. The van der Waals surface area contributed by atoms with Crippen molar-refractivity contribution < 1.29 is 22.4 Å². The lowest BCUT2D eigenvalue weighted by atomic mass is 10.1. The molecule has 0 heterocycles. The van der Waals surface area contributed by atoms with Crippen molar-refractivity contribution in [3.8, 4) is 0 Å². The molecule has 2 rings (SSSR count). The van der Waals surface area contributed by atoms with Crippen LogP contribution in [0.5, 0.6) is 0 Å². The first-order valence-corrected chi connectivity index (χ1v) is 9.91. The maximum Gasteiger partial charge on any atom is 0.251 e. The van der Waals surface area contributed by atoms with Crippen LogP contribution < -0.4 is 10.6 Å². The third-order valence-electron chi connectivity index (χ3n) is 4.03. The number of hydrogen-bond acceptors (Lipinski definition) is 4. The fourth-order valence-electron chi connectivity index (χ4n) is 2.47. The third-order valence-corrected chi connectivity index (χ3v) is 5.84. The van der Waals surface area contributed by atoms with Crippen molar-refractivity contribution in [3.05, 3.63) is 65.5 Å². The molecule has 2 amide bonds. The van der Waals surface area contributed by atoms with Gasteiger partial charge in [0, 0.05) is 25.2 Å². The Labute approximate surface area is 163 Å². The molecular weight excluding hydrogens is 385 g/mol. The lowest BCUT2D eigenvalue weighted by molar-refractivity contribution is -0.120. The Morgan fingerprint density at radius 1 is 1.11 bits per heavy atom. The minimum absolute atomic E-state index is 0.0252. The van der Waals surface area contributed by atoms with Crippen LogP contribution in [0.1, 0.15) is 28.9 Å². The van der Waals surface area contributed by atoms with E-state index in [1.807, 2.05) is 0 Å². The van der Waals surface area contributed by atoms with Gasteiger partial charge in [-0.1, -0.05) is 24.3 Å². The predicted octanol–water partition coefficient (Wildman–Crippen LogP) is 1.68. The van der Waals surface area contributed by atoms with Crippen molar-refractivity contribution in [2.75, 3.05) is 20.6 Å². The number of sulfonamides is 1. The smallest absolute Gasteiger partial charge is 0.251 e. The van der Waals surface area contributed by atoms with E-state index in [0.29, 0.717) is 5.56 Å². The van der Waals surface area contributed by atoms with Crippen molar-refractivity contribution in [2.24, 2.45) is 0 Å². The average Bonchev–Trinajstić information content (AvgIpc) is 2.66. The molecule has 0 bridgehead atoms. The van der Waals surface area contributed by atoms with Gasteiger partial charge in [0.25, 0.3) is 5.91 Å². The molecule has 0 radical (unpaired) electrons. The molecule has 0 fully saturated rings. The van der Waals surface area contributed by atoms with Crippen LogP contribution in [0.2, 0.25) is 0 Å². The first kappa shape index (κ1) is 21.5. The molecule has 0 aromatic heterocycles. The Hall–Kier alpha value is -2.78. The molecule has 2 aromatic rings. The van der Waals surface area contributed by atoms with Crippen LogP contribution in [0.3, 0.4) is 0 Å². The van der Waals surface area contributed by atoms with Crippen LogP contribution in [-0.2, 0) is 14.8 Å². The number of nitrogens with one attached hydrogen (secondary N) is 2. The summed E-state index contributed by atoms with van der Waals surface area (Å²) in [6.45, 7) is 1.30. The highest BCUT2D eigenvalue weighted by atomic mass is 32.2. The topological polar surface area (TPSA) is 95.6 Å². The first-order valence-electron chi connectivity index (χ1n) is 8.47. The number of carbonyl (C=O) groups is 2. The lowest BCUT2D eigenvalue weighted by Gasteiger charge is -2.15. The maximum absolute atomic E-state index is 13.7. The zero-order chi connectivity index (χ0) is 20.9. The van der Waals surface area contributed by atoms with Gasteiger partial charge in [0.05, 0.1) is 17.5 Å². The summed E-state index contributed by atoms with van der Waals surface area (Å²) in [7, 11) is -0.892. The Balaban J connectivity index is 1.99. The van der Waals surface area contributed by atoms with Gasteiger partial charge in [-0.3, -0.25) is 9.59 Å². The van der Waals surface area contributed by atoms with E-state index in [4.69, 9.17) is 0 Å². The molecule has 1 unspecified atom stereocenters. The van der Waals surface area contributed by atoms with Crippen molar-refractivity contribution in [2.45, 2.75) is 17.9 Å². The second-order valence-corrected chi connectivity index (χ2v) is 8.46. The molecule has 28 heavy (non-hydrogen) atoms. The van der Waals surface area contributed by atoms with Crippen LogP contribution in [0.15, 0.2) is 53.4 Å². The fourth-order valence-corrected chi connectivity index (χ4v) is 3.42. The monoisotopic (exact) mass is 407 g/mol. The lowest BCUT2D eigenvalue weighted by Crippen LogP contribution is -2.38.